The molecule has 1 atom stereocenters. The van der Waals surface area contributed by atoms with Crippen LogP contribution in [0.1, 0.15) is 18.4 Å². The van der Waals surface area contributed by atoms with Crippen LogP contribution in [0, 0.1) is 13.8 Å². The van der Waals surface area contributed by atoms with Crippen LogP contribution in [0.5, 0.6) is 11.5 Å². The number of rotatable bonds is 4. The van der Waals surface area contributed by atoms with Crippen LogP contribution in [0.2, 0.25) is 0 Å². The highest BCUT2D eigenvalue weighted by Gasteiger charge is 2.20. The second-order valence-electron chi connectivity index (χ2n) is 4.94. The summed E-state index contributed by atoms with van der Waals surface area (Å²) in [4.78, 5) is 16.5. The highest BCUT2D eigenvalue weighted by Crippen LogP contribution is 2.34. The largest absolute Gasteiger partial charge is 0.454 e. The van der Waals surface area contributed by atoms with Crippen LogP contribution >= 0.6 is 11.8 Å². The first-order chi connectivity index (χ1) is 10.5. The van der Waals surface area contributed by atoms with Gasteiger partial charge in [0.15, 0.2) is 11.5 Å². The van der Waals surface area contributed by atoms with Gasteiger partial charge in [-0.2, -0.15) is 0 Å². The lowest BCUT2D eigenvalue weighted by Gasteiger charge is -2.10. The van der Waals surface area contributed by atoms with E-state index in [-0.39, 0.29) is 18.0 Å². The lowest BCUT2D eigenvalue weighted by atomic mass is 10.2. The van der Waals surface area contributed by atoms with Gasteiger partial charge in [-0.3, -0.25) is 4.79 Å². The third kappa shape index (κ3) is 3.04. The summed E-state index contributed by atoms with van der Waals surface area (Å²) < 4.78 is 16.0. The van der Waals surface area contributed by atoms with Crippen molar-refractivity contribution in [3.05, 3.63) is 29.7 Å². The Labute approximate surface area is 132 Å². The minimum atomic E-state index is -0.331. The average Bonchev–Trinajstić information content (AvgIpc) is 3.05. The van der Waals surface area contributed by atoms with E-state index in [0.29, 0.717) is 22.4 Å². The molecular weight excluding hydrogens is 304 g/mol. The molecule has 1 aromatic carbocycles. The molecule has 0 radical (unpaired) electrons. The minimum Gasteiger partial charge on any atom is -0.454 e. The number of anilines is 1. The van der Waals surface area contributed by atoms with Gasteiger partial charge in [0.25, 0.3) is 5.22 Å². The molecule has 0 aliphatic carbocycles. The molecule has 2 heterocycles. The van der Waals surface area contributed by atoms with Crippen LogP contribution in [0.15, 0.2) is 27.8 Å². The molecule has 1 unspecified atom stereocenters. The topological polar surface area (TPSA) is 73.6 Å². The number of carbonyl (C=O) groups is 1. The van der Waals surface area contributed by atoms with Gasteiger partial charge in [-0.15, -0.1) is 0 Å². The number of oxazole rings is 1. The molecule has 3 rings (SSSR count). The van der Waals surface area contributed by atoms with Gasteiger partial charge < -0.3 is 19.2 Å². The Morgan fingerprint density at radius 3 is 2.82 bits per heavy atom. The van der Waals surface area contributed by atoms with Gasteiger partial charge in [-0.25, -0.2) is 4.98 Å². The van der Waals surface area contributed by atoms with Gasteiger partial charge in [0.2, 0.25) is 12.7 Å². The van der Waals surface area contributed by atoms with E-state index in [1.807, 2.05) is 20.8 Å². The molecule has 1 amide bonds. The summed E-state index contributed by atoms with van der Waals surface area (Å²) in [6, 6.07) is 5.30. The molecular formula is C15H16N2O4S. The highest BCUT2D eigenvalue weighted by atomic mass is 32.2. The van der Waals surface area contributed by atoms with Crippen molar-refractivity contribution in [3.8, 4) is 11.5 Å². The van der Waals surface area contributed by atoms with Gasteiger partial charge in [0.1, 0.15) is 5.76 Å². The highest BCUT2D eigenvalue weighted by molar-refractivity contribution is 8.00. The van der Waals surface area contributed by atoms with E-state index < -0.39 is 0 Å². The summed E-state index contributed by atoms with van der Waals surface area (Å²) in [5.41, 5.74) is 1.51. The molecule has 1 aromatic heterocycles. The number of benzene rings is 1. The summed E-state index contributed by atoms with van der Waals surface area (Å²) in [5.74, 6) is 1.96. The van der Waals surface area contributed by atoms with Crippen LogP contribution in [0.25, 0.3) is 0 Å². The Morgan fingerprint density at radius 1 is 1.32 bits per heavy atom. The predicted octanol–water partition coefficient (Wildman–Crippen LogP) is 3.14. The second-order valence-corrected chi connectivity index (χ2v) is 6.23. The maximum atomic E-state index is 12.2. The fourth-order valence-electron chi connectivity index (χ4n) is 1.92. The molecule has 2 aromatic rings. The van der Waals surface area contributed by atoms with Crippen LogP contribution in [-0.4, -0.2) is 22.9 Å². The summed E-state index contributed by atoms with van der Waals surface area (Å²) in [6.45, 7) is 5.74. The van der Waals surface area contributed by atoms with Crippen LogP contribution in [0.3, 0.4) is 0 Å². The quantitative estimate of drug-likeness (QED) is 0.873. The van der Waals surface area contributed by atoms with Crippen molar-refractivity contribution in [1.29, 1.82) is 0 Å². The number of hydrogen-bond donors (Lipinski definition) is 1. The Hall–Kier alpha value is -2.15. The first-order valence-electron chi connectivity index (χ1n) is 6.84. The van der Waals surface area contributed by atoms with E-state index in [4.69, 9.17) is 13.9 Å². The van der Waals surface area contributed by atoms with Gasteiger partial charge in [0, 0.05) is 11.8 Å². The van der Waals surface area contributed by atoms with E-state index in [0.717, 1.165) is 11.5 Å². The Bertz CT molecular complexity index is 694. The summed E-state index contributed by atoms with van der Waals surface area (Å²) in [5, 5.41) is 3.02. The van der Waals surface area contributed by atoms with Gasteiger partial charge in [0.05, 0.1) is 10.9 Å². The van der Waals surface area contributed by atoms with Crippen molar-refractivity contribution < 1.29 is 18.7 Å². The average molecular weight is 320 g/mol. The normalized spacial score (nSPS) is 14.0. The molecule has 0 saturated heterocycles. The van der Waals surface area contributed by atoms with Crippen molar-refractivity contribution in [2.45, 2.75) is 31.2 Å². The maximum absolute atomic E-state index is 12.2. The first kappa shape index (κ1) is 14.8. The van der Waals surface area contributed by atoms with Crippen LogP contribution < -0.4 is 14.8 Å². The second kappa shape index (κ2) is 5.92. The number of thioether (sulfide) groups is 1. The van der Waals surface area contributed by atoms with Crippen LogP contribution in [-0.2, 0) is 4.79 Å². The molecule has 7 heteroatoms. The molecule has 0 fully saturated rings. The van der Waals surface area contributed by atoms with Crippen molar-refractivity contribution in [1.82, 2.24) is 4.98 Å². The van der Waals surface area contributed by atoms with E-state index in [9.17, 15) is 4.79 Å². The number of nitrogens with zero attached hydrogens (tertiary/aromatic N) is 1. The Kier molecular flexibility index (Phi) is 3.98. The zero-order valence-electron chi connectivity index (χ0n) is 12.5. The number of hydrogen-bond acceptors (Lipinski definition) is 6. The maximum Gasteiger partial charge on any atom is 0.256 e. The van der Waals surface area contributed by atoms with E-state index in [2.05, 4.69) is 10.3 Å². The monoisotopic (exact) mass is 320 g/mol. The number of nitrogens with one attached hydrogen (secondary N) is 1. The molecule has 1 N–H and O–H groups in total. The molecule has 0 bridgehead atoms. The standard InChI is InChI=1S/C15H16N2O4S/c1-8-9(2)21-15(16-8)22-10(3)14(18)17-11-4-5-12-13(6-11)20-7-19-12/h4-6,10H,7H2,1-3H3,(H,17,18). The Balaban J connectivity index is 1.63. The van der Waals surface area contributed by atoms with E-state index in [1.54, 1.807) is 18.2 Å². The minimum absolute atomic E-state index is 0.127. The Morgan fingerprint density at radius 2 is 2.09 bits per heavy atom. The summed E-state index contributed by atoms with van der Waals surface area (Å²) in [6.07, 6.45) is 0. The molecule has 1 aliphatic heterocycles. The number of carbonyl (C=O) groups excluding carboxylic acids is 1. The number of amides is 1. The fourth-order valence-corrected chi connectivity index (χ4v) is 2.75. The molecule has 116 valence electrons. The molecule has 22 heavy (non-hydrogen) atoms. The lowest BCUT2D eigenvalue weighted by molar-refractivity contribution is -0.115. The van der Waals surface area contributed by atoms with Gasteiger partial charge in [-0.05, 0) is 32.9 Å². The molecule has 1 aliphatic rings. The van der Waals surface area contributed by atoms with Crippen molar-refractivity contribution in [2.24, 2.45) is 0 Å². The predicted molar refractivity (Wildman–Crippen MR) is 82.5 cm³/mol. The lowest BCUT2D eigenvalue weighted by Crippen LogP contribution is -2.22. The smallest absolute Gasteiger partial charge is 0.256 e. The SMILES string of the molecule is Cc1nc(SC(C)C(=O)Nc2ccc3c(c2)OCO3)oc1C. The number of fused-ring (bicyclic) bond motifs is 1. The third-order valence-corrected chi connectivity index (χ3v) is 4.24. The number of ether oxygens (including phenoxy) is 2. The molecule has 0 saturated carbocycles. The van der Waals surface area contributed by atoms with Crippen molar-refractivity contribution >= 4 is 23.4 Å². The molecule has 0 spiro atoms. The van der Waals surface area contributed by atoms with Gasteiger partial charge in [-0.1, -0.05) is 11.8 Å². The van der Waals surface area contributed by atoms with Crippen LogP contribution in [0.4, 0.5) is 5.69 Å². The molecule has 6 nitrogen and oxygen atoms in total. The van der Waals surface area contributed by atoms with E-state index >= 15 is 0 Å². The zero-order chi connectivity index (χ0) is 15.7. The fraction of sp³-hybridized carbons (Fsp3) is 0.333. The number of aromatic nitrogens is 1. The van der Waals surface area contributed by atoms with Gasteiger partial charge >= 0.3 is 0 Å². The summed E-state index contributed by atoms with van der Waals surface area (Å²) >= 11 is 1.29. The number of aryl methyl sites for hydroxylation is 2. The first-order valence-corrected chi connectivity index (χ1v) is 7.72. The van der Waals surface area contributed by atoms with Crippen molar-refractivity contribution in [3.63, 3.8) is 0 Å². The summed E-state index contributed by atoms with van der Waals surface area (Å²) in [7, 11) is 0. The zero-order valence-corrected chi connectivity index (χ0v) is 13.3. The van der Waals surface area contributed by atoms with E-state index in [1.165, 1.54) is 11.8 Å². The third-order valence-electron chi connectivity index (χ3n) is 3.30. The van der Waals surface area contributed by atoms with Crippen molar-refractivity contribution in [2.75, 3.05) is 12.1 Å².